The summed E-state index contributed by atoms with van der Waals surface area (Å²) in [6.07, 6.45) is 2.44. The Morgan fingerprint density at radius 1 is 0.962 bits per heavy atom. The molecule has 1 heterocycles. The SMILES string of the molecule is CS(=O)(=O)c1cccc(-c2cccc(S(=O)(=O)c3cnc(CN)s3)c2)c1. The lowest BCUT2D eigenvalue weighted by atomic mass is 10.1. The van der Waals surface area contributed by atoms with Crippen LogP contribution in [0.5, 0.6) is 0 Å². The Kier molecular flexibility index (Phi) is 4.98. The van der Waals surface area contributed by atoms with Gasteiger partial charge in [-0.1, -0.05) is 24.3 Å². The van der Waals surface area contributed by atoms with Crippen molar-refractivity contribution >= 4 is 31.0 Å². The van der Waals surface area contributed by atoms with E-state index in [4.69, 9.17) is 5.73 Å². The lowest BCUT2D eigenvalue weighted by molar-refractivity contribution is 0.597. The van der Waals surface area contributed by atoms with Crippen LogP contribution in [0.25, 0.3) is 11.1 Å². The average Bonchev–Trinajstić information content (AvgIpc) is 3.11. The molecule has 2 aromatic carbocycles. The minimum atomic E-state index is -3.72. The molecule has 0 saturated carbocycles. The molecule has 0 aliphatic heterocycles. The van der Waals surface area contributed by atoms with E-state index in [-0.39, 0.29) is 20.5 Å². The largest absolute Gasteiger partial charge is 0.325 e. The van der Waals surface area contributed by atoms with Crippen molar-refractivity contribution in [3.05, 3.63) is 59.7 Å². The predicted octanol–water partition coefficient (Wildman–Crippen LogP) is 2.51. The molecule has 2 N–H and O–H groups in total. The van der Waals surface area contributed by atoms with Crippen molar-refractivity contribution in [3.63, 3.8) is 0 Å². The van der Waals surface area contributed by atoms with Gasteiger partial charge in [0.25, 0.3) is 0 Å². The van der Waals surface area contributed by atoms with Crippen molar-refractivity contribution < 1.29 is 16.8 Å². The zero-order valence-corrected chi connectivity index (χ0v) is 16.2. The summed E-state index contributed by atoms with van der Waals surface area (Å²) < 4.78 is 49.2. The van der Waals surface area contributed by atoms with Crippen LogP contribution in [0, 0.1) is 0 Å². The summed E-state index contributed by atoms with van der Waals surface area (Å²) in [4.78, 5) is 4.29. The van der Waals surface area contributed by atoms with Crippen LogP contribution >= 0.6 is 11.3 Å². The van der Waals surface area contributed by atoms with Gasteiger partial charge in [0, 0.05) is 12.8 Å². The highest BCUT2D eigenvalue weighted by Crippen LogP contribution is 2.30. The monoisotopic (exact) mass is 408 g/mol. The smallest absolute Gasteiger partial charge is 0.217 e. The highest BCUT2D eigenvalue weighted by atomic mass is 32.2. The topological polar surface area (TPSA) is 107 Å². The molecule has 3 rings (SSSR count). The first kappa shape index (κ1) is 18.7. The van der Waals surface area contributed by atoms with Gasteiger partial charge in [0.05, 0.1) is 16.0 Å². The van der Waals surface area contributed by atoms with Gasteiger partial charge < -0.3 is 5.73 Å². The minimum Gasteiger partial charge on any atom is -0.325 e. The summed E-state index contributed by atoms with van der Waals surface area (Å²) in [6.45, 7) is 0.179. The summed E-state index contributed by atoms with van der Waals surface area (Å²) in [5.74, 6) is 0. The maximum absolute atomic E-state index is 12.8. The first-order valence-electron chi connectivity index (χ1n) is 7.52. The Morgan fingerprint density at radius 2 is 1.54 bits per heavy atom. The molecule has 0 amide bonds. The second kappa shape index (κ2) is 6.92. The van der Waals surface area contributed by atoms with Gasteiger partial charge in [-0.2, -0.15) is 0 Å². The molecule has 0 saturated heterocycles. The van der Waals surface area contributed by atoms with E-state index in [1.165, 1.54) is 30.5 Å². The van der Waals surface area contributed by atoms with Crippen molar-refractivity contribution in [2.75, 3.05) is 6.26 Å². The van der Waals surface area contributed by atoms with Crippen molar-refractivity contribution in [1.29, 1.82) is 0 Å². The highest BCUT2D eigenvalue weighted by molar-refractivity contribution is 7.93. The standard InChI is InChI=1S/C17H16N2O4S3/c1-25(20,21)14-6-2-4-12(8-14)13-5-3-7-15(9-13)26(22,23)17-11-19-16(10-18)24-17/h2-9,11H,10,18H2,1H3. The zero-order chi connectivity index (χ0) is 18.9. The Bertz CT molecular complexity index is 1170. The van der Waals surface area contributed by atoms with E-state index in [0.717, 1.165) is 17.6 Å². The zero-order valence-electron chi connectivity index (χ0n) is 13.8. The number of nitrogens with two attached hydrogens (primary N) is 1. The van der Waals surface area contributed by atoms with Gasteiger partial charge >= 0.3 is 0 Å². The summed E-state index contributed by atoms with van der Waals surface area (Å²) in [5.41, 5.74) is 6.73. The summed E-state index contributed by atoms with van der Waals surface area (Å²) in [6, 6.07) is 12.8. The molecule has 6 nitrogen and oxygen atoms in total. The number of thiazole rings is 1. The molecule has 0 spiro atoms. The fourth-order valence-electron chi connectivity index (χ4n) is 2.38. The van der Waals surface area contributed by atoms with Crippen LogP contribution in [0.2, 0.25) is 0 Å². The molecule has 0 unspecified atom stereocenters. The number of nitrogens with zero attached hydrogens (tertiary/aromatic N) is 1. The molecule has 0 atom stereocenters. The molecular formula is C17H16N2O4S3. The van der Waals surface area contributed by atoms with E-state index < -0.39 is 19.7 Å². The quantitative estimate of drug-likeness (QED) is 0.695. The van der Waals surface area contributed by atoms with Crippen LogP contribution in [0.15, 0.2) is 68.7 Å². The molecule has 0 radical (unpaired) electrons. The normalized spacial score (nSPS) is 12.2. The number of rotatable bonds is 5. The third-order valence-electron chi connectivity index (χ3n) is 3.71. The third-order valence-corrected chi connectivity index (χ3v) is 8.05. The Balaban J connectivity index is 2.06. The van der Waals surface area contributed by atoms with Crippen LogP contribution in [0.1, 0.15) is 5.01 Å². The summed E-state index contributed by atoms with van der Waals surface area (Å²) >= 11 is 1.04. The summed E-state index contributed by atoms with van der Waals surface area (Å²) in [5, 5.41) is 0.542. The molecule has 1 aromatic heterocycles. The van der Waals surface area contributed by atoms with E-state index in [1.807, 2.05) is 0 Å². The average molecular weight is 409 g/mol. The number of hydrogen-bond donors (Lipinski definition) is 1. The van der Waals surface area contributed by atoms with Gasteiger partial charge in [-0.3, -0.25) is 0 Å². The van der Waals surface area contributed by atoms with E-state index in [2.05, 4.69) is 4.98 Å². The molecule has 9 heteroatoms. The molecular weight excluding hydrogens is 392 g/mol. The number of hydrogen-bond acceptors (Lipinski definition) is 7. The van der Waals surface area contributed by atoms with E-state index in [9.17, 15) is 16.8 Å². The first-order valence-corrected chi connectivity index (χ1v) is 11.7. The molecule has 26 heavy (non-hydrogen) atoms. The lowest BCUT2D eigenvalue weighted by Crippen LogP contribution is -2.00. The van der Waals surface area contributed by atoms with Gasteiger partial charge in [0.15, 0.2) is 9.84 Å². The van der Waals surface area contributed by atoms with Crippen LogP contribution in [0.3, 0.4) is 0 Å². The van der Waals surface area contributed by atoms with Crippen LogP contribution < -0.4 is 5.73 Å². The molecule has 136 valence electrons. The number of benzene rings is 2. The maximum Gasteiger partial charge on any atom is 0.217 e. The fourth-order valence-corrected chi connectivity index (χ4v) is 5.55. The third kappa shape index (κ3) is 3.70. The van der Waals surface area contributed by atoms with E-state index in [1.54, 1.807) is 24.3 Å². The van der Waals surface area contributed by atoms with Crippen molar-refractivity contribution in [3.8, 4) is 11.1 Å². The minimum absolute atomic E-state index is 0.118. The molecule has 0 bridgehead atoms. The van der Waals surface area contributed by atoms with Crippen molar-refractivity contribution in [2.24, 2.45) is 5.73 Å². The highest BCUT2D eigenvalue weighted by Gasteiger charge is 2.21. The maximum atomic E-state index is 12.8. The Morgan fingerprint density at radius 3 is 2.08 bits per heavy atom. The number of sulfone groups is 2. The van der Waals surface area contributed by atoms with Crippen molar-refractivity contribution in [1.82, 2.24) is 4.98 Å². The Labute approximate surface area is 156 Å². The van der Waals surface area contributed by atoms with E-state index >= 15 is 0 Å². The van der Waals surface area contributed by atoms with Crippen molar-refractivity contribution in [2.45, 2.75) is 20.5 Å². The fraction of sp³-hybridized carbons (Fsp3) is 0.118. The number of aromatic nitrogens is 1. The van der Waals surface area contributed by atoms with Gasteiger partial charge in [-0.25, -0.2) is 21.8 Å². The Hall–Kier alpha value is -2.07. The van der Waals surface area contributed by atoms with E-state index in [0.29, 0.717) is 16.1 Å². The molecule has 0 aliphatic carbocycles. The predicted molar refractivity (Wildman–Crippen MR) is 100 cm³/mol. The first-order chi connectivity index (χ1) is 12.2. The van der Waals surface area contributed by atoms with Gasteiger partial charge in [-0.05, 0) is 35.4 Å². The molecule has 3 aromatic rings. The van der Waals surface area contributed by atoms with Crippen LogP contribution in [-0.4, -0.2) is 28.1 Å². The van der Waals surface area contributed by atoms with Gasteiger partial charge in [0.2, 0.25) is 9.84 Å². The second-order valence-electron chi connectivity index (χ2n) is 5.61. The lowest BCUT2D eigenvalue weighted by Gasteiger charge is -2.07. The van der Waals surface area contributed by atoms with Crippen LogP contribution in [0.4, 0.5) is 0 Å². The molecule has 0 fully saturated rings. The van der Waals surface area contributed by atoms with Gasteiger partial charge in [0.1, 0.15) is 9.22 Å². The molecule has 0 aliphatic rings. The summed E-state index contributed by atoms with van der Waals surface area (Å²) in [7, 11) is -7.07. The van der Waals surface area contributed by atoms with Crippen LogP contribution in [-0.2, 0) is 26.2 Å². The van der Waals surface area contributed by atoms with Gasteiger partial charge in [-0.15, -0.1) is 11.3 Å². The second-order valence-corrected chi connectivity index (χ2v) is 10.9.